The number of carbonyl (C=O) groups excluding carboxylic acids is 1. The maximum atomic E-state index is 12.1. The van der Waals surface area contributed by atoms with Gasteiger partial charge in [-0.2, -0.15) is 0 Å². The van der Waals surface area contributed by atoms with Gasteiger partial charge in [-0.05, 0) is 38.0 Å². The first-order chi connectivity index (χ1) is 8.58. The smallest absolute Gasteiger partial charge is 0.265 e. The summed E-state index contributed by atoms with van der Waals surface area (Å²) >= 11 is 0. The Bertz CT molecular complexity index is 473. The van der Waals surface area contributed by atoms with E-state index in [4.69, 9.17) is 4.74 Å². The van der Waals surface area contributed by atoms with Crippen LogP contribution in [-0.4, -0.2) is 23.7 Å². The second kappa shape index (κ2) is 6.69. The van der Waals surface area contributed by atoms with E-state index in [2.05, 4.69) is 9.98 Å². The molecule has 0 N–H and O–H groups in total. The van der Waals surface area contributed by atoms with E-state index in [9.17, 15) is 4.79 Å². The minimum Gasteiger partial charge on any atom is -0.441 e. The predicted molar refractivity (Wildman–Crippen MR) is 71.8 cm³/mol. The van der Waals surface area contributed by atoms with E-state index in [1.165, 1.54) is 7.05 Å². The molecular weight excluding hydrogens is 228 g/mol. The summed E-state index contributed by atoms with van der Waals surface area (Å²) in [6.45, 7) is 5.71. The number of aliphatic imine (C=N–C) groups is 1. The highest BCUT2D eigenvalue weighted by molar-refractivity contribution is 6.42. The van der Waals surface area contributed by atoms with Gasteiger partial charge < -0.3 is 4.74 Å². The molecule has 0 atom stereocenters. The van der Waals surface area contributed by atoms with Crippen LogP contribution in [0.25, 0.3) is 0 Å². The van der Waals surface area contributed by atoms with E-state index < -0.39 is 0 Å². The highest BCUT2D eigenvalue weighted by Crippen LogP contribution is 2.06. The lowest BCUT2D eigenvalue weighted by molar-refractivity contribution is 0.103. The van der Waals surface area contributed by atoms with Gasteiger partial charge in [-0.25, -0.2) is 0 Å². The molecule has 0 fully saturated rings. The number of allylic oxidation sites excluding steroid dienone is 2. The Kier molecular flexibility index (Phi) is 5.24. The van der Waals surface area contributed by atoms with E-state index in [0.29, 0.717) is 11.5 Å². The molecule has 4 nitrogen and oxygen atoms in total. The standard InChI is InChI=1S/C14H18N2O2/c1-5-6-11(3)18-14(15-4)13(17)12-8-7-10(2)9-16-12/h6-9H,5H2,1-4H3/b11-6+,15-14?. The van der Waals surface area contributed by atoms with E-state index in [-0.39, 0.29) is 11.7 Å². The molecule has 0 aliphatic heterocycles. The lowest BCUT2D eigenvalue weighted by Crippen LogP contribution is -2.18. The van der Waals surface area contributed by atoms with Gasteiger partial charge in [0.25, 0.3) is 11.7 Å². The van der Waals surface area contributed by atoms with Gasteiger partial charge in [0.15, 0.2) is 0 Å². The number of nitrogens with zero attached hydrogens (tertiary/aromatic N) is 2. The van der Waals surface area contributed by atoms with E-state index in [1.54, 1.807) is 19.2 Å². The fourth-order valence-corrected chi connectivity index (χ4v) is 1.39. The fraction of sp³-hybridized carbons (Fsp3) is 0.357. The van der Waals surface area contributed by atoms with Crippen molar-refractivity contribution in [3.05, 3.63) is 41.4 Å². The Morgan fingerprint density at radius 2 is 2.22 bits per heavy atom. The van der Waals surface area contributed by atoms with Crippen LogP contribution < -0.4 is 0 Å². The average molecular weight is 246 g/mol. The molecule has 0 saturated heterocycles. The number of ketones is 1. The van der Waals surface area contributed by atoms with Crippen molar-refractivity contribution < 1.29 is 9.53 Å². The van der Waals surface area contributed by atoms with E-state index >= 15 is 0 Å². The molecule has 1 heterocycles. The van der Waals surface area contributed by atoms with Crippen LogP contribution in [-0.2, 0) is 4.74 Å². The van der Waals surface area contributed by atoms with E-state index in [1.807, 2.05) is 26.0 Å². The van der Waals surface area contributed by atoms with Crippen LogP contribution in [0.15, 0.2) is 35.2 Å². The number of hydrogen-bond acceptors (Lipinski definition) is 4. The number of Topliss-reactive ketones (excluding diaryl/α,β-unsaturated/α-hetero) is 1. The largest absolute Gasteiger partial charge is 0.441 e. The van der Waals surface area contributed by atoms with Crippen LogP contribution in [0.3, 0.4) is 0 Å². The molecule has 0 spiro atoms. The molecule has 0 aromatic carbocycles. The van der Waals surface area contributed by atoms with Crippen LogP contribution in [0, 0.1) is 6.92 Å². The summed E-state index contributed by atoms with van der Waals surface area (Å²) in [6, 6.07) is 3.51. The van der Waals surface area contributed by atoms with Crippen molar-refractivity contribution in [3.8, 4) is 0 Å². The summed E-state index contributed by atoms with van der Waals surface area (Å²) in [4.78, 5) is 20.0. The van der Waals surface area contributed by atoms with Crippen LogP contribution in [0.5, 0.6) is 0 Å². The topological polar surface area (TPSA) is 51.5 Å². The SMILES string of the molecule is CC/C=C(\C)OC(=NC)C(=O)c1ccc(C)cn1. The van der Waals surface area contributed by atoms with Gasteiger partial charge in [0.05, 0.1) is 5.76 Å². The minimum absolute atomic E-state index is 0.0635. The Balaban J connectivity index is 2.87. The summed E-state index contributed by atoms with van der Waals surface area (Å²) in [6.07, 6.45) is 4.39. The van der Waals surface area contributed by atoms with Crippen molar-refractivity contribution in [2.75, 3.05) is 7.05 Å². The quantitative estimate of drug-likeness (QED) is 0.355. The Hall–Kier alpha value is -1.97. The van der Waals surface area contributed by atoms with Crippen LogP contribution >= 0.6 is 0 Å². The minimum atomic E-state index is -0.304. The molecule has 0 amide bonds. The van der Waals surface area contributed by atoms with Crippen molar-refractivity contribution in [1.82, 2.24) is 4.98 Å². The molecular formula is C14H18N2O2. The zero-order valence-electron chi connectivity index (χ0n) is 11.2. The second-order valence-electron chi connectivity index (χ2n) is 3.90. The molecule has 0 radical (unpaired) electrons. The normalized spacial score (nSPS) is 12.4. The van der Waals surface area contributed by atoms with Crippen molar-refractivity contribution >= 4 is 11.7 Å². The number of aryl methyl sites for hydroxylation is 1. The first-order valence-electron chi connectivity index (χ1n) is 5.87. The summed E-state index contributed by atoms with van der Waals surface area (Å²) in [5.41, 5.74) is 1.34. The highest BCUT2D eigenvalue weighted by Gasteiger charge is 2.16. The molecule has 0 bridgehead atoms. The van der Waals surface area contributed by atoms with Gasteiger partial charge >= 0.3 is 0 Å². The predicted octanol–water partition coefficient (Wildman–Crippen LogP) is 2.93. The van der Waals surface area contributed by atoms with E-state index in [0.717, 1.165) is 12.0 Å². The first kappa shape index (κ1) is 14.1. The van der Waals surface area contributed by atoms with Crippen LogP contribution in [0.2, 0.25) is 0 Å². The Labute approximate surface area is 107 Å². The third kappa shape index (κ3) is 3.80. The molecule has 18 heavy (non-hydrogen) atoms. The monoisotopic (exact) mass is 246 g/mol. The van der Waals surface area contributed by atoms with Gasteiger partial charge in [-0.1, -0.05) is 13.0 Å². The van der Waals surface area contributed by atoms with Gasteiger partial charge in [0.1, 0.15) is 5.69 Å². The molecule has 1 aromatic heterocycles. The van der Waals surface area contributed by atoms with Crippen molar-refractivity contribution in [2.24, 2.45) is 4.99 Å². The van der Waals surface area contributed by atoms with Gasteiger partial charge in [0.2, 0.25) is 0 Å². The maximum absolute atomic E-state index is 12.1. The summed E-state index contributed by atoms with van der Waals surface area (Å²) in [5.74, 6) is 0.425. The number of aromatic nitrogens is 1. The molecule has 0 unspecified atom stereocenters. The third-order valence-corrected chi connectivity index (χ3v) is 2.29. The molecule has 1 aromatic rings. The molecule has 0 saturated carbocycles. The number of hydrogen-bond donors (Lipinski definition) is 0. The fourth-order valence-electron chi connectivity index (χ4n) is 1.39. The first-order valence-corrected chi connectivity index (χ1v) is 5.87. The Morgan fingerprint density at radius 1 is 1.50 bits per heavy atom. The number of ether oxygens (including phenoxy) is 1. The zero-order valence-corrected chi connectivity index (χ0v) is 11.2. The lowest BCUT2D eigenvalue weighted by Gasteiger charge is -2.07. The summed E-state index contributed by atoms with van der Waals surface area (Å²) < 4.78 is 5.41. The molecule has 0 aliphatic carbocycles. The third-order valence-electron chi connectivity index (χ3n) is 2.29. The van der Waals surface area contributed by atoms with Crippen molar-refractivity contribution in [3.63, 3.8) is 0 Å². The van der Waals surface area contributed by atoms with Crippen LogP contribution in [0.4, 0.5) is 0 Å². The molecule has 96 valence electrons. The lowest BCUT2D eigenvalue weighted by atomic mass is 10.2. The maximum Gasteiger partial charge on any atom is 0.265 e. The average Bonchev–Trinajstić information content (AvgIpc) is 2.36. The molecule has 4 heteroatoms. The number of carbonyl (C=O) groups is 1. The number of rotatable bonds is 4. The van der Waals surface area contributed by atoms with Gasteiger partial charge in [-0.15, -0.1) is 0 Å². The number of pyridine rings is 1. The Morgan fingerprint density at radius 3 is 2.72 bits per heavy atom. The van der Waals surface area contributed by atoms with Gasteiger partial charge in [0, 0.05) is 13.2 Å². The van der Waals surface area contributed by atoms with Crippen molar-refractivity contribution in [2.45, 2.75) is 27.2 Å². The van der Waals surface area contributed by atoms with Crippen LogP contribution in [0.1, 0.15) is 36.3 Å². The zero-order chi connectivity index (χ0) is 13.5. The summed E-state index contributed by atoms with van der Waals surface area (Å²) in [5, 5.41) is 0. The summed E-state index contributed by atoms with van der Waals surface area (Å²) in [7, 11) is 1.53. The van der Waals surface area contributed by atoms with Gasteiger partial charge in [-0.3, -0.25) is 14.8 Å². The molecule has 0 aliphatic rings. The second-order valence-corrected chi connectivity index (χ2v) is 3.90. The molecule has 1 rings (SSSR count). The highest BCUT2D eigenvalue weighted by atomic mass is 16.5. The van der Waals surface area contributed by atoms with Crippen molar-refractivity contribution in [1.29, 1.82) is 0 Å².